The van der Waals surface area contributed by atoms with Crippen molar-refractivity contribution in [1.29, 1.82) is 0 Å². The van der Waals surface area contributed by atoms with Crippen molar-refractivity contribution in [3.8, 4) is 11.1 Å². The van der Waals surface area contributed by atoms with E-state index in [4.69, 9.17) is 9.84 Å². The van der Waals surface area contributed by atoms with E-state index in [9.17, 15) is 9.59 Å². The van der Waals surface area contributed by atoms with Gasteiger partial charge in [-0.05, 0) is 35.8 Å². The summed E-state index contributed by atoms with van der Waals surface area (Å²) in [5.74, 6) is 0.0287. The third-order valence-electron chi connectivity index (χ3n) is 6.12. The molecule has 32 heavy (non-hydrogen) atoms. The van der Waals surface area contributed by atoms with Crippen LogP contribution in [0.2, 0.25) is 0 Å². The average Bonchev–Trinajstić information content (AvgIpc) is 3.27. The molecule has 0 bridgehead atoms. The highest BCUT2D eigenvalue weighted by Gasteiger charge is 2.20. The molecule has 2 aliphatic heterocycles. The van der Waals surface area contributed by atoms with Gasteiger partial charge in [-0.25, -0.2) is 9.78 Å². The highest BCUT2D eigenvalue weighted by Crippen LogP contribution is 2.31. The number of aromatic amines is 1. The summed E-state index contributed by atoms with van der Waals surface area (Å²) in [4.78, 5) is 34.9. The van der Waals surface area contributed by atoms with Crippen LogP contribution in [0.4, 0.5) is 4.79 Å². The second-order valence-electron chi connectivity index (χ2n) is 8.01. The maximum absolute atomic E-state index is 12.7. The van der Waals surface area contributed by atoms with E-state index in [0.717, 1.165) is 33.3 Å². The van der Waals surface area contributed by atoms with Gasteiger partial charge in [-0.15, -0.1) is 0 Å². The van der Waals surface area contributed by atoms with Crippen LogP contribution >= 0.6 is 0 Å². The van der Waals surface area contributed by atoms with E-state index in [1.54, 1.807) is 0 Å². The number of hydrogen-bond acceptors (Lipinski definition) is 4. The van der Waals surface area contributed by atoms with Crippen LogP contribution in [-0.2, 0) is 4.74 Å². The third-order valence-corrected chi connectivity index (χ3v) is 6.12. The number of carbonyl (C=O) groups excluding carboxylic acids is 1. The van der Waals surface area contributed by atoms with Gasteiger partial charge in [-0.2, -0.15) is 0 Å². The Hall–Kier alpha value is -3.65. The minimum Gasteiger partial charge on any atom is -0.465 e. The SMILES string of the molecule is O=C(O)N1CC=C(c2c[nH]c3ncc(-c4ccc(C(=O)N5CCOCC5)cc4)cc23)CC1. The van der Waals surface area contributed by atoms with Crippen LogP contribution in [0.1, 0.15) is 22.3 Å². The summed E-state index contributed by atoms with van der Waals surface area (Å²) in [5, 5.41) is 10.2. The van der Waals surface area contributed by atoms with Gasteiger partial charge < -0.3 is 24.6 Å². The number of aromatic nitrogens is 2. The van der Waals surface area contributed by atoms with Crippen molar-refractivity contribution in [2.24, 2.45) is 0 Å². The molecule has 4 heterocycles. The maximum Gasteiger partial charge on any atom is 0.407 e. The lowest BCUT2D eigenvalue weighted by molar-refractivity contribution is 0.0303. The molecule has 1 aromatic carbocycles. The van der Waals surface area contributed by atoms with Gasteiger partial charge >= 0.3 is 6.09 Å². The number of ether oxygens (including phenoxy) is 1. The van der Waals surface area contributed by atoms with Gasteiger partial charge in [-0.3, -0.25) is 4.79 Å². The van der Waals surface area contributed by atoms with Gasteiger partial charge in [-0.1, -0.05) is 18.2 Å². The van der Waals surface area contributed by atoms with Gasteiger partial charge in [0.2, 0.25) is 0 Å². The number of carboxylic acid groups (broad SMARTS) is 1. The Morgan fingerprint density at radius 3 is 2.50 bits per heavy atom. The van der Waals surface area contributed by atoms with Crippen LogP contribution in [0.3, 0.4) is 0 Å². The Bertz CT molecular complexity index is 1190. The van der Waals surface area contributed by atoms with Gasteiger partial charge in [0.25, 0.3) is 5.91 Å². The number of hydrogen-bond donors (Lipinski definition) is 2. The number of amides is 2. The highest BCUT2D eigenvalue weighted by molar-refractivity contribution is 5.96. The fraction of sp³-hybridized carbons (Fsp3) is 0.292. The molecule has 164 valence electrons. The largest absolute Gasteiger partial charge is 0.465 e. The molecule has 0 unspecified atom stereocenters. The molecule has 3 aromatic rings. The third kappa shape index (κ3) is 3.85. The molecule has 8 nitrogen and oxygen atoms in total. The Morgan fingerprint density at radius 1 is 1.03 bits per heavy atom. The second kappa shape index (κ2) is 8.47. The summed E-state index contributed by atoms with van der Waals surface area (Å²) < 4.78 is 5.32. The summed E-state index contributed by atoms with van der Waals surface area (Å²) in [5.41, 5.74) is 5.59. The molecule has 8 heteroatoms. The molecule has 5 rings (SSSR count). The zero-order valence-corrected chi connectivity index (χ0v) is 17.6. The number of pyridine rings is 1. The molecule has 1 saturated heterocycles. The topological polar surface area (TPSA) is 98.8 Å². The minimum atomic E-state index is -0.890. The highest BCUT2D eigenvalue weighted by atomic mass is 16.5. The van der Waals surface area contributed by atoms with Crippen molar-refractivity contribution in [2.75, 3.05) is 39.4 Å². The molecule has 0 spiro atoms. The van der Waals surface area contributed by atoms with Crippen LogP contribution in [0, 0.1) is 0 Å². The standard InChI is InChI=1S/C24H24N4O4/c29-23(27-9-11-32-12-10-27)18-3-1-16(2-4-18)19-13-20-21(15-26-22(20)25-14-19)17-5-7-28(8-6-17)24(30)31/h1-5,13-15H,6-12H2,(H,25,26)(H,30,31). The maximum atomic E-state index is 12.7. The zero-order valence-electron chi connectivity index (χ0n) is 17.6. The van der Waals surface area contributed by atoms with Gasteiger partial charge in [0.15, 0.2) is 0 Å². The molecular formula is C24H24N4O4. The van der Waals surface area contributed by atoms with Crippen LogP contribution in [0.25, 0.3) is 27.7 Å². The molecule has 0 atom stereocenters. The van der Waals surface area contributed by atoms with Gasteiger partial charge in [0.05, 0.1) is 13.2 Å². The van der Waals surface area contributed by atoms with Crippen LogP contribution < -0.4 is 0 Å². The Labute approximate surface area is 185 Å². The number of benzene rings is 1. The predicted octanol–water partition coefficient (Wildman–Crippen LogP) is 3.47. The van der Waals surface area contributed by atoms with E-state index in [-0.39, 0.29) is 5.91 Å². The molecule has 0 saturated carbocycles. The van der Waals surface area contributed by atoms with Crippen molar-refractivity contribution < 1.29 is 19.4 Å². The Kier molecular flexibility index (Phi) is 5.36. The lowest BCUT2D eigenvalue weighted by atomic mass is 9.98. The van der Waals surface area contributed by atoms with E-state index < -0.39 is 6.09 Å². The number of carbonyl (C=O) groups is 2. The van der Waals surface area contributed by atoms with Gasteiger partial charge in [0, 0.05) is 60.6 Å². The molecule has 2 amide bonds. The number of fused-ring (bicyclic) bond motifs is 1. The van der Waals surface area contributed by atoms with E-state index in [1.807, 2.05) is 47.6 Å². The molecule has 0 aliphatic carbocycles. The predicted molar refractivity (Wildman–Crippen MR) is 120 cm³/mol. The van der Waals surface area contributed by atoms with E-state index in [0.29, 0.717) is 51.4 Å². The van der Waals surface area contributed by atoms with Crippen molar-refractivity contribution >= 4 is 28.6 Å². The summed E-state index contributed by atoms with van der Waals surface area (Å²) in [6.07, 6.45) is 5.51. The smallest absolute Gasteiger partial charge is 0.407 e. The van der Waals surface area contributed by atoms with E-state index in [2.05, 4.69) is 16.0 Å². The molecule has 0 radical (unpaired) electrons. The minimum absolute atomic E-state index is 0.0287. The zero-order chi connectivity index (χ0) is 22.1. The lowest BCUT2D eigenvalue weighted by Crippen LogP contribution is -2.40. The van der Waals surface area contributed by atoms with Crippen molar-refractivity contribution in [3.63, 3.8) is 0 Å². The quantitative estimate of drug-likeness (QED) is 0.660. The first-order valence-electron chi connectivity index (χ1n) is 10.7. The number of morpholine rings is 1. The lowest BCUT2D eigenvalue weighted by Gasteiger charge is -2.26. The molecule has 2 N–H and O–H groups in total. The first kappa shape index (κ1) is 20.3. The average molecular weight is 432 g/mol. The Balaban J connectivity index is 1.40. The van der Waals surface area contributed by atoms with E-state index >= 15 is 0 Å². The summed E-state index contributed by atoms with van der Waals surface area (Å²) in [6, 6.07) is 9.72. The first-order valence-corrected chi connectivity index (χ1v) is 10.7. The second-order valence-corrected chi connectivity index (χ2v) is 8.01. The fourth-order valence-corrected chi connectivity index (χ4v) is 4.27. The van der Waals surface area contributed by atoms with Gasteiger partial charge in [0.1, 0.15) is 5.65 Å². The van der Waals surface area contributed by atoms with Crippen LogP contribution in [-0.4, -0.2) is 76.3 Å². The Morgan fingerprint density at radius 2 is 1.81 bits per heavy atom. The van der Waals surface area contributed by atoms with Crippen molar-refractivity contribution in [3.05, 3.63) is 59.9 Å². The van der Waals surface area contributed by atoms with Crippen molar-refractivity contribution in [1.82, 2.24) is 19.8 Å². The number of nitrogens with zero attached hydrogens (tertiary/aromatic N) is 3. The summed E-state index contributed by atoms with van der Waals surface area (Å²) in [7, 11) is 0. The summed E-state index contributed by atoms with van der Waals surface area (Å²) >= 11 is 0. The fourth-order valence-electron chi connectivity index (χ4n) is 4.27. The number of nitrogens with one attached hydrogen (secondary N) is 1. The molecular weight excluding hydrogens is 408 g/mol. The first-order chi connectivity index (χ1) is 15.6. The van der Waals surface area contributed by atoms with Crippen LogP contribution in [0.5, 0.6) is 0 Å². The number of rotatable bonds is 3. The monoisotopic (exact) mass is 432 g/mol. The molecule has 2 aromatic heterocycles. The summed E-state index contributed by atoms with van der Waals surface area (Å²) in [6.45, 7) is 3.29. The van der Waals surface area contributed by atoms with E-state index in [1.165, 1.54) is 4.90 Å². The number of H-pyrrole nitrogens is 1. The van der Waals surface area contributed by atoms with Crippen molar-refractivity contribution in [2.45, 2.75) is 6.42 Å². The molecule has 2 aliphatic rings. The molecule has 1 fully saturated rings. The van der Waals surface area contributed by atoms with Crippen LogP contribution in [0.15, 0.2) is 48.8 Å². The normalized spacial score (nSPS) is 16.8.